The number of phenols is 1. The van der Waals surface area contributed by atoms with Crippen molar-refractivity contribution in [1.29, 1.82) is 0 Å². The number of hydrogen-bond donors (Lipinski definition) is 3. The number of phenolic OH excluding ortho intramolecular Hbond substituents is 1. The van der Waals surface area contributed by atoms with Crippen LogP contribution >= 0.6 is 0 Å². The molecule has 2 aromatic carbocycles. The van der Waals surface area contributed by atoms with Gasteiger partial charge >= 0.3 is 0 Å². The molecular formula is C32H38FN7O2. The lowest BCUT2D eigenvalue weighted by atomic mass is 9.96. The van der Waals surface area contributed by atoms with Gasteiger partial charge in [0.15, 0.2) is 17.4 Å². The number of H-pyrrole nitrogens is 2. The Labute approximate surface area is 244 Å². The summed E-state index contributed by atoms with van der Waals surface area (Å²) in [6, 6.07) is 9.08. The summed E-state index contributed by atoms with van der Waals surface area (Å²) in [4.78, 5) is 28.9. The van der Waals surface area contributed by atoms with Gasteiger partial charge in [-0.25, -0.2) is 9.37 Å². The highest BCUT2D eigenvalue weighted by Crippen LogP contribution is 2.34. The third kappa shape index (κ3) is 4.66. The number of imidazole rings is 1. The monoisotopic (exact) mass is 571 g/mol. The Bertz CT molecular complexity index is 1630. The van der Waals surface area contributed by atoms with Gasteiger partial charge in [-0.15, -0.1) is 0 Å². The van der Waals surface area contributed by atoms with Gasteiger partial charge in [0, 0.05) is 37.5 Å². The highest BCUT2D eigenvalue weighted by molar-refractivity contribution is 5.94. The number of amides is 1. The molecule has 5 heterocycles. The second kappa shape index (κ2) is 10.8. The molecule has 220 valence electrons. The number of nitrogens with one attached hydrogen (secondary N) is 2. The van der Waals surface area contributed by atoms with E-state index in [2.05, 4.69) is 31.9 Å². The maximum atomic E-state index is 14.2. The molecule has 2 aromatic heterocycles. The van der Waals surface area contributed by atoms with Gasteiger partial charge < -0.3 is 15.0 Å². The van der Waals surface area contributed by atoms with E-state index < -0.39 is 5.82 Å². The number of aryl methyl sites for hydroxylation is 1. The first-order valence-corrected chi connectivity index (χ1v) is 15.3. The van der Waals surface area contributed by atoms with Crippen LogP contribution in [0.3, 0.4) is 0 Å². The van der Waals surface area contributed by atoms with E-state index in [1.807, 2.05) is 30.0 Å². The molecule has 3 N–H and O–H groups in total. The summed E-state index contributed by atoms with van der Waals surface area (Å²) < 4.78 is 14.2. The van der Waals surface area contributed by atoms with Crippen molar-refractivity contribution in [1.82, 2.24) is 34.9 Å². The molecule has 0 aliphatic carbocycles. The lowest BCUT2D eigenvalue weighted by molar-refractivity contribution is -0.145. The van der Waals surface area contributed by atoms with Crippen LogP contribution < -0.4 is 0 Å². The zero-order valence-electron chi connectivity index (χ0n) is 24.3. The van der Waals surface area contributed by atoms with E-state index in [0.29, 0.717) is 31.3 Å². The van der Waals surface area contributed by atoms with Gasteiger partial charge in [0.2, 0.25) is 5.91 Å². The molecule has 0 unspecified atom stereocenters. The van der Waals surface area contributed by atoms with Crippen molar-refractivity contribution in [2.24, 2.45) is 0 Å². The summed E-state index contributed by atoms with van der Waals surface area (Å²) in [5, 5.41) is 18.4. The Morgan fingerprint density at radius 1 is 1.12 bits per heavy atom. The molecule has 2 fully saturated rings. The first-order chi connectivity index (χ1) is 20.4. The molecule has 0 spiro atoms. The molecule has 1 amide bonds. The topological polar surface area (TPSA) is 104 Å². The maximum absolute atomic E-state index is 14.2. The van der Waals surface area contributed by atoms with Crippen molar-refractivity contribution in [2.45, 2.75) is 64.6 Å². The number of rotatable bonds is 6. The summed E-state index contributed by atoms with van der Waals surface area (Å²) in [7, 11) is 0. The number of fused-ring (bicyclic) bond motifs is 2. The Morgan fingerprint density at radius 2 is 1.93 bits per heavy atom. The van der Waals surface area contributed by atoms with Crippen molar-refractivity contribution in [3.05, 3.63) is 53.1 Å². The molecule has 4 aromatic rings. The molecule has 0 saturated carbocycles. The van der Waals surface area contributed by atoms with Crippen LogP contribution in [-0.4, -0.2) is 90.7 Å². The largest absolute Gasteiger partial charge is 0.505 e. The molecule has 42 heavy (non-hydrogen) atoms. The van der Waals surface area contributed by atoms with Gasteiger partial charge in [-0.05, 0) is 79.9 Å². The summed E-state index contributed by atoms with van der Waals surface area (Å²) in [6.45, 7) is 9.53. The maximum Gasteiger partial charge on any atom is 0.240 e. The fourth-order valence-electron chi connectivity index (χ4n) is 6.95. The molecule has 1 atom stereocenters. The van der Waals surface area contributed by atoms with Crippen molar-refractivity contribution in [3.63, 3.8) is 0 Å². The first kappa shape index (κ1) is 27.1. The fraction of sp³-hybridized carbons (Fsp3) is 0.469. The molecule has 0 radical (unpaired) electrons. The number of nitrogens with zero attached hydrogens (tertiary/aromatic N) is 5. The number of aromatic nitrogens is 4. The molecule has 2 saturated heterocycles. The zero-order chi connectivity index (χ0) is 29.0. The lowest BCUT2D eigenvalue weighted by Gasteiger charge is -2.48. The zero-order valence-corrected chi connectivity index (χ0v) is 24.3. The Kier molecular flexibility index (Phi) is 6.98. The van der Waals surface area contributed by atoms with Crippen LogP contribution in [0.1, 0.15) is 50.1 Å². The van der Waals surface area contributed by atoms with Crippen molar-refractivity contribution in [2.75, 3.05) is 32.7 Å². The van der Waals surface area contributed by atoms with Gasteiger partial charge in [-0.1, -0.05) is 26.3 Å². The number of likely N-dealkylation sites (N-methyl/N-ethyl adjacent to an activating group) is 1. The van der Waals surface area contributed by atoms with E-state index in [4.69, 9.17) is 4.98 Å². The number of halogens is 1. The van der Waals surface area contributed by atoms with Gasteiger partial charge in [0.05, 0.1) is 22.9 Å². The summed E-state index contributed by atoms with van der Waals surface area (Å²) in [5.74, 6) is -0.0700. The Hall–Kier alpha value is -3.76. The highest BCUT2D eigenvalue weighted by Gasteiger charge is 2.41. The normalized spacial score (nSPS) is 20.2. The van der Waals surface area contributed by atoms with E-state index in [1.54, 1.807) is 0 Å². The first-order valence-electron chi connectivity index (χ1n) is 15.3. The lowest BCUT2D eigenvalue weighted by Crippen LogP contribution is -2.65. The minimum atomic E-state index is -0.636. The summed E-state index contributed by atoms with van der Waals surface area (Å²) in [5.41, 5.74) is 5.97. The average molecular weight is 572 g/mol. The van der Waals surface area contributed by atoms with Crippen LogP contribution in [0.15, 0.2) is 30.3 Å². The van der Waals surface area contributed by atoms with Crippen LogP contribution in [0, 0.1) is 5.82 Å². The Morgan fingerprint density at radius 3 is 2.69 bits per heavy atom. The van der Waals surface area contributed by atoms with E-state index in [-0.39, 0.29) is 17.7 Å². The average Bonchev–Trinajstić information content (AvgIpc) is 3.60. The fourth-order valence-corrected chi connectivity index (χ4v) is 6.95. The molecule has 9 nitrogen and oxygen atoms in total. The molecule has 7 rings (SSSR count). The second-order valence-corrected chi connectivity index (χ2v) is 11.9. The Balaban J connectivity index is 1.11. The van der Waals surface area contributed by atoms with E-state index in [9.17, 15) is 14.3 Å². The molecule has 0 bridgehead atoms. The number of likely N-dealkylation sites (tertiary alicyclic amines) is 2. The van der Waals surface area contributed by atoms with Crippen LogP contribution in [0.4, 0.5) is 4.39 Å². The van der Waals surface area contributed by atoms with Crippen LogP contribution in [0.25, 0.3) is 33.5 Å². The van der Waals surface area contributed by atoms with Crippen LogP contribution in [0.2, 0.25) is 0 Å². The SMILES string of the molecule is CCc1cc(O)c(F)cc1-c1ccc2c(-c3nc4c([nH]3)CN(CC)[C@H](C(=O)N3CC(N5CCCCC5)C3)C4)n[nH]c2c1. The molecule has 10 heteroatoms. The van der Waals surface area contributed by atoms with Crippen molar-refractivity contribution in [3.8, 4) is 28.4 Å². The quantitative estimate of drug-likeness (QED) is 0.316. The minimum absolute atomic E-state index is 0.196. The molecule has 3 aliphatic rings. The van der Waals surface area contributed by atoms with Gasteiger partial charge in [0.25, 0.3) is 0 Å². The number of hydrogen-bond acceptors (Lipinski definition) is 6. The molecular weight excluding hydrogens is 533 g/mol. The van der Waals surface area contributed by atoms with Crippen LogP contribution in [0.5, 0.6) is 5.75 Å². The van der Waals surface area contributed by atoms with Crippen molar-refractivity contribution < 1.29 is 14.3 Å². The standard InChI is InChI=1S/C32H38FN7O2/c1-3-19-13-29(41)24(33)14-23(19)20-8-9-22-25(12-20)36-37-30(22)31-34-26-15-28(38(4-2)18-27(26)35-31)32(42)40-16-21(17-40)39-10-6-5-7-11-39/h8-9,12-14,21,28,41H,3-7,10-11,15-18H2,1-2H3,(H,34,35)(H,36,37)/t28-/m0/s1. The number of piperidine rings is 1. The van der Waals surface area contributed by atoms with E-state index in [0.717, 1.165) is 77.4 Å². The number of aromatic amines is 2. The third-order valence-corrected chi connectivity index (χ3v) is 9.48. The van der Waals surface area contributed by atoms with Crippen LogP contribution in [-0.2, 0) is 24.2 Å². The number of carbonyl (C=O) groups is 1. The predicted molar refractivity (Wildman–Crippen MR) is 159 cm³/mol. The third-order valence-electron chi connectivity index (χ3n) is 9.48. The smallest absolute Gasteiger partial charge is 0.240 e. The van der Waals surface area contributed by atoms with Gasteiger partial charge in [0.1, 0.15) is 5.69 Å². The van der Waals surface area contributed by atoms with E-state index >= 15 is 0 Å². The van der Waals surface area contributed by atoms with Gasteiger partial charge in [-0.2, -0.15) is 5.10 Å². The minimum Gasteiger partial charge on any atom is -0.505 e. The second-order valence-electron chi connectivity index (χ2n) is 11.9. The predicted octanol–water partition coefficient (Wildman–Crippen LogP) is 4.47. The highest BCUT2D eigenvalue weighted by atomic mass is 19.1. The number of benzene rings is 2. The van der Waals surface area contributed by atoms with E-state index in [1.165, 1.54) is 31.4 Å². The van der Waals surface area contributed by atoms with Crippen molar-refractivity contribution >= 4 is 16.8 Å². The molecule has 3 aliphatic heterocycles. The number of carbonyl (C=O) groups excluding carboxylic acids is 1. The van der Waals surface area contributed by atoms with Gasteiger partial charge in [-0.3, -0.25) is 19.7 Å². The summed E-state index contributed by atoms with van der Waals surface area (Å²) >= 11 is 0. The number of aromatic hydroxyl groups is 1. The summed E-state index contributed by atoms with van der Waals surface area (Å²) in [6.07, 6.45) is 5.12.